The Bertz CT molecular complexity index is 925. The summed E-state index contributed by atoms with van der Waals surface area (Å²) in [5.41, 5.74) is 3.08. The highest BCUT2D eigenvalue weighted by Gasteiger charge is 2.02. The molecule has 0 atom stereocenters. The van der Waals surface area contributed by atoms with Gasteiger partial charge in [-0.1, -0.05) is 42.5 Å². The summed E-state index contributed by atoms with van der Waals surface area (Å²) in [6.45, 7) is 2.29. The van der Waals surface area contributed by atoms with Crippen molar-refractivity contribution in [2.24, 2.45) is 0 Å². The van der Waals surface area contributed by atoms with Crippen LogP contribution in [0.4, 0.5) is 0 Å². The van der Waals surface area contributed by atoms with Crippen molar-refractivity contribution in [2.45, 2.75) is 13.5 Å². The van der Waals surface area contributed by atoms with E-state index in [1.807, 2.05) is 67.6 Å². The predicted octanol–water partition coefficient (Wildman–Crippen LogP) is 4.91. The molecule has 3 aromatic carbocycles. The SMILES string of the molecule is COc1ccc2cc(/C=C/C(=O)OCc3ccccc3C)ccc2c1. The maximum Gasteiger partial charge on any atom is 0.331 e. The summed E-state index contributed by atoms with van der Waals surface area (Å²) in [4.78, 5) is 11.9. The molecule has 0 heterocycles. The van der Waals surface area contributed by atoms with Gasteiger partial charge in [0.2, 0.25) is 0 Å². The van der Waals surface area contributed by atoms with Crippen LogP contribution in [-0.4, -0.2) is 13.1 Å². The second kappa shape index (κ2) is 7.67. The van der Waals surface area contributed by atoms with Gasteiger partial charge in [0.15, 0.2) is 0 Å². The Hall–Kier alpha value is -3.07. The van der Waals surface area contributed by atoms with Crippen molar-refractivity contribution in [1.82, 2.24) is 0 Å². The van der Waals surface area contributed by atoms with Gasteiger partial charge in [0.1, 0.15) is 12.4 Å². The second-order valence-electron chi connectivity index (χ2n) is 5.84. The van der Waals surface area contributed by atoms with Crippen LogP contribution in [0.15, 0.2) is 66.7 Å². The molecular weight excluding hydrogens is 312 g/mol. The molecule has 126 valence electrons. The molecule has 0 amide bonds. The first kappa shape index (κ1) is 16.8. The summed E-state index contributed by atoms with van der Waals surface area (Å²) in [6.07, 6.45) is 3.23. The van der Waals surface area contributed by atoms with Gasteiger partial charge in [-0.25, -0.2) is 4.79 Å². The fourth-order valence-corrected chi connectivity index (χ4v) is 2.61. The third-order valence-electron chi connectivity index (χ3n) is 4.11. The van der Waals surface area contributed by atoms with E-state index in [1.54, 1.807) is 13.2 Å². The molecule has 0 aliphatic carbocycles. The van der Waals surface area contributed by atoms with Crippen molar-refractivity contribution < 1.29 is 14.3 Å². The smallest absolute Gasteiger partial charge is 0.331 e. The first-order valence-corrected chi connectivity index (χ1v) is 8.13. The average Bonchev–Trinajstić information content (AvgIpc) is 2.65. The lowest BCUT2D eigenvalue weighted by atomic mass is 10.1. The summed E-state index contributed by atoms with van der Waals surface area (Å²) < 4.78 is 10.5. The van der Waals surface area contributed by atoms with Gasteiger partial charge in [-0.3, -0.25) is 0 Å². The molecule has 0 spiro atoms. The monoisotopic (exact) mass is 332 g/mol. The third-order valence-corrected chi connectivity index (χ3v) is 4.11. The van der Waals surface area contributed by atoms with E-state index in [1.165, 1.54) is 6.08 Å². The molecule has 0 aliphatic heterocycles. The van der Waals surface area contributed by atoms with Crippen LogP contribution in [0.25, 0.3) is 16.8 Å². The standard InChI is InChI=1S/C22H20O3/c1-16-5-3-4-6-20(16)15-25-22(23)12-8-17-7-9-19-14-21(24-2)11-10-18(19)13-17/h3-14H,15H2,1-2H3/b12-8+. The molecule has 0 fully saturated rings. The molecule has 25 heavy (non-hydrogen) atoms. The number of benzene rings is 3. The van der Waals surface area contributed by atoms with E-state index in [0.29, 0.717) is 0 Å². The second-order valence-corrected chi connectivity index (χ2v) is 5.84. The van der Waals surface area contributed by atoms with Crippen molar-refractivity contribution in [1.29, 1.82) is 0 Å². The Morgan fingerprint density at radius 3 is 2.56 bits per heavy atom. The van der Waals surface area contributed by atoms with Gasteiger partial charge in [-0.15, -0.1) is 0 Å². The third kappa shape index (κ3) is 4.27. The summed E-state index contributed by atoms with van der Waals surface area (Å²) in [6, 6.07) is 19.8. The first-order valence-electron chi connectivity index (χ1n) is 8.13. The quantitative estimate of drug-likeness (QED) is 0.492. The minimum absolute atomic E-state index is 0.285. The summed E-state index contributed by atoms with van der Waals surface area (Å²) in [7, 11) is 1.65. The highest BCUT2D eigenvalue weighted by atomic mass is 16.5. The number of rotatable bonds is 5. The van der Waals surface area contributed by atoms with E-state index in [9.17, 15) is 4.79 Å². The minimum atomic E-state index is -0.349. The van der Waals surface area contributed by atoms with E-state index in [4.69, 9.17) is 9.47 Å². The molecule has 3 heteroatoms. The number of esters is 1. The van der Waals surface area contributed by atoms with Crippen LogP contribution in [-0.2, 0) is 16.1 Å². The minimum Gasteiger partial charge on any atom is -0.497 e. The number of carbonyl (C=O) groups excluding carboxylic acids is 1. The van der Waals surface area contributed by atoms with Gasteiger partial charge >= 0.3 is 5.97 Å². The molecule has 3 aromatic rings. The summed E-state index contributed by atoms with van der Waals surface area (Å²) in [5.74, 6) is 0.480. The molecular formula is C22H20O3. The zero-order valence-corrected chi connectivity index (χ0v) is 14.4. The molecule has 0 aliphatic rings. The number of ether oxygens (including phenoxy) is 2. The van der Waals surface area contributed by atoms with Gasteiger partial charge in [0, 0.05) is 6.08 Å². The molecule has 0 N–H and O–H groups in total. The lowest BCUT2D eigenvalue weighted by molar-refractivity contribution is -0.138. The van der Waals surface area contributed by atoms with Crippen molar-refractivity contribution >= 4 is 22.8 Å². The normalized spacial score (nSPS) is 11.0. The van der Waals surface area contributed by atoms with Crippen molar-refractivity contribution in [2.75, 3.05) is 7.11 Å². The number of methoxy groups -OCH3 is 1. The Balaban J connectivity index is 1.65. The summed E-state index contributed by atoms with van der Waals surface area (Å²) in [5, 5.41) is 2.19. The maximum atomic E-state index is 11.9. The van der Waals surface area contributed by atoms with E-state index < -0.39 is 0 Å². The topological polar surface area (TPSA) is 35.5 Å². The number of hydrogen-bond donors (Lipinski definition) is 0. The molecule has 3 rings (SSSR count). The molecule has 0 saturated heterocycles. The number of carbonyl (C=O) groups is 1. The molecule has 0 saturated carbocycles. The highest BCUT2D eigenvalue weighted by molar-refractivity contribution is 5.90. The predicted molar refractivity (Wildman–Crippen MR) is 101 cm³/mol. The van der Waals surface area contributed by atoms with Crippen LogP contribution in [0.1, 0.15) is 16.7 Å². The number of hydrogen-bond acceptors (Lipinski definition) is 3. The fraction of sp³-hybridized carbons (Fsp3) is 0.136. The first-order chi connectivity index (χ1) is 12.2. The molecule has 0 radical (unpaired) electrons. The largest absolute Gasteiger partial charge is 0.497 e. The van der Waals surface area contributed by atoms with E-state index in [0.717, 1.165) is 33.2 Å². The zero-order valence-electron chi connectivity index (χ0n) is 14.4. The summed E-state index contributed by atoms with van der Waals surface area (Å²) >= 11 is 0. The fourth-order valence-electron chi connectivity index (χ4n) is 2.61. The van der Waals surface area contributed by atoms with Crippen LogP contribution < -0.4 is 4.74 Å². The van der Waals surface area contributed by atoms with Crippen LogP contribution in [0.2, 0.25) is 0 Å². The molecule has 0 aromatic heterocycles. The Morgan fingerprint density at radius 1 is 1.00 bits per heavy atom. The van der Waals surface area contributed by atoms with Gasteiger partial charge in [0.05, 0.1) is 7.11 Å². The lowest BCUT2D eigenvalue weighted by Crippen LogP contribution is -2.01. The van der Waals surface area contributed by atoms with E-state index in [2.05, 4.69) is 0 Å². The lowest BCUT2D eigenvalue weighted by Gasteiger charge is -2.05. The molecule has 0 bridgehead atoms. The molecule has 0 unspecified atom stereocenters. The zero-order chi connectivity index (χ0) is 17.6. The Morgan fingerprint density at radius 2 is 1.76 bits per heavy atom. The van der Waals surface area contributed by atoms with Crippen molar-refractivity contribution in [3.8, 4) is 5.75 Å². The molecule has 3 nitrogen and oxygen atoms in total. The Kier molecular flexibility index (Phi) is 5.14. The van der Waals surface area contributed by atoms with Crippen LogP contribution in [0.5, 0.6) is 5.75 Å². The Labute approximate surface area is 147 Å². The van der Waals surface area contributed by atoms with Crippen molar-refractivity contribution in [3.63, 3.8) is 0 Å². The van der Waals surface area contributed by atoms with Crippen molar-refractivity contribution in [3.05, 3.63) is 83.4 Å². The van der Waals surface area contributed by atoms with Gasteiger partial charge in [0.25, 0.3) is 0 Å². The van der Waals surface area contributed by atoms with Crippen LogP contribution >= 0.6 is 0 Å². The number of aryl methyl sites for hydroxylation is 1. The van der Waals surface area contributed by atoms with Gasteiger partial charge < -0.3 is 9.47 Å². The maximum absolute atomic E-state index is 11.9. The van der Waals surface area contributed by atoms with Gasteiger partial charge in [-0.05, 0) is 58.7 Å². The average molecular weight is 332 g/mol. The van der Waals surface area contributed by atoms with E-state index in [-0.39, 0.29) is 12.6 Å². The number of fused-ring (bicyclic) bond motifs is 1. The van der Waals surface area contributed by atoms with Crippen LogP contribution in [0, 0.1) is 6.92 Å². The van der Waals surface area contributed by atoms with E-state index >= 15 is 0 Å². The van der Waals surface area contributed by atoms with Crippen LogP contribution in [0.3, 0.4) is 0 Å². The highest BCUT2D eigenvalue weighted by Crippen LogP contribution is 2.22. The van der Waals surface area contributed by atoms with Gasteiger partial charge in [-0.2, -0.15) is 0 Å².